The smallest absolute Gasteiger partial charge is 0.187 e. The molecule has 386 valence electrons. The van der Waals surface area contributed by atoms with Gasteiger partial charge in [-0.1, -0.05) is 25.5 Å². The lowest BCUT2D eigenvalue weighted by Gasteiger charge is -2.61. The first-order valence-electron chi connectivity index (χ1n) is 24.2. The predicted octanol–water partition coefficient (Wildman–Crippen LogP) is -2.57. The molecular weight excluding hydrogens is 888 g/mol. The van der Waals surface area contributed by atoms with Crippen molar-refractivity contribution in [3.05, 3.63) is 11.6 Å². The van der Waals surface area contributed by atoms with E-state index in [0.717, 1.165) is 12.8 Å². The topological polar surface area (TPSA) is 326 Å². The third kappa shape index (κ3) is 9.11. The normalized spacial score (nSPS) is 55.2. The Kier molecular flexibility index (Phi) is 15.6. The second kappa shape index (κ2) is 20.1. The zero-order valence-corrected chi connectivity index (χ0v) is 39.1. The van der Waals surface area contributed by atoms with Crippen molar-refractivity contribution in [2.45, 2.75) is 227 Å². The maximum atomic E-state index is 12.9. The van der Waals surface area contributed by atoms with Crippen LogP contribution < -0.4 is 0 Å². The summed E-state index contributed by atoms with van der Waals surface area (Å²) in [4.78, 5) is 0. The first-order valence-corrected chi connectivity index (χ1v) is 24.2. The van der Waals surface area contributed by atoms with Crippen LogP contribution in [-0.2, 0) is 42.6 Å². The molecule has 4 saturated heterocycles. The van der Waals surface area contributed by atoms with Crippen LogP contribution in [0.3, 0.4) is 0 Å². The van der Waals surface area contributed by atoms with Crippen LogP contribution in [0.4, 0.5) is 0 Å². The van der Waals surface area contributed by atoms with E-state index in [1.807, 2.05) is 6.92 Å². The summed E-state index contributed by atoms with van der Waals surface area (Å²) >= 11 is 0. The highest BCUT2D eigenvalue weighted by Crippen LogP contribution is 2.68. The molecule has 4 aliphatic heterocycles. The van der Waals surface area contributed by atoms with Gasteiger partial charge >= 0.3 is 0 Å². The Bertz CT molecular complexity index is 1710. The van der Waals surface area contributed by atoms with E-state index in [9.17, 15) is 61.3 Å². The van der Waals surface area contributed by atoms with Gasteiger partial charge in [0.1, 0.15) is 85.5 Å². The van der Waals surface area contributed by atoms with Gasteiger partial charge in [-0.3, -0.25) is 0 Å². The monoisotopic (exact) mass is 964 g/mol. The lowest BCUT2D eigenvalue weighted by Crippen LogP contribution is -2.64. The van der Waals surface area contributed by atoms with E-state index in [2.05, 4.69) is 19.9 Å². The Hall–Kier alpha value is -1.10. The van der Waals surface area contributed by atoms with E-state index in [0.29, 0.717) is 38.5 Å². The quantitative estimate of drug-likeness (QED) is 0.0895. The Morgan fingerprint density at radius 3 is 1.94 bits per heavy atom. The number of allylic oxidation sites excluding steroid dienone is 1. The minimum atomic E-state index is -1.66. The number of fused-ring (bicyclic) bond motifs is 5. The number of hydrogen-bond donors (Lipinski definition) is 12. The van der Waals surface area contributed by atoms with Crippen molar-refractivity contribution < 1.29 is 104 Å². The summed E-state index contributed by atoms with van der Waals surface area (Å²) in [5.74, 6) is -0.0223. The van der Waals surface area contributed by atoms with Gasteiger partial charge < -0.3 is 104 Å². The molecule has 8 aliphatic rings. The zero-order chi connectivity index (χ0) is 48.7. The summed E-state index contributed by atoms with van der Waals surface area (Å²) in [6.07, 6.45) is -19.9. The highest BCUT2D eigenvalue weighted by Gasteiger charge is 2.67. The molecule has 8 rings (SSSR count). The van der Waals surface area contributed by atoms with Gasteiger partial charge in [-0.2, -0.15) is 0 Å². The van der Waals surface area contributed by atoms with Gasteiger partial charge in [0.05, 0.1) is 43.2 Å². The predicted molar refractivity (Wildman–Crippen MR) is 227 cm³/mol. The summed E-state index contributed by atoms with van der Waals surface area (Å²) in [6.45, 7) is 8.43. The molecule has 0 spiro atoms. The van der Waals surface area contributed by atoms with Crippen LogP contribution in [0.1, 0.15) is 86.0 Å². The Labute approximate surface area is 390 Å². The van der Waals surface area contributed by atoms with Crippen LogP contribution in [0.2, 0.25) is 0 Å². The van der Waals surface area contributed by atoms with Crippen molar-refractivity contribution in [1.82, 2.24) is 0 Å². The summed E-state index contributed by atoms with van der Waals surface area (Å²) in [5, 5.41) is 128. The molecule has 0 aromatic carbocycles. The second-order valence-electron chi connectivity index (χ2n) is 21.2. The Morgan fingerprint density at radius 1 is 0.642 bits per heavy atom. The van der Waals surface area contributed by atoms with Crippen molar-refractivity contribution in [1.29, 1.82) is 0 Å². The van der Waals surface area contributed by atoms with E-state index in [4.69, 9.17) is 42.6 Å². The van der Waals surface area contributed by atoms with Crippen molar-refractivity contribution in [3.63, 3.8) is 0 Å². The molecule has 21 nitrogen and oxygen atoms in total. The van der Waals surface area contributed by atoms with Crippen molar-refractivity contribution in [3.8, 4) is 0 Å². The molecule has 12 N–H and O–H groups in total. The second-order valence-corrected chi connectivity index (χ2v) is 21.2. The molecule has 0 unspecified atom stereocenters. The lowest BCUT2D eigenvalue weighted by molar-refractivity contribution is -0.361. The molecule has 0 aromatic rings. The molecule has 0 bridgehead atoms. The fourth-order valence-corrected chi connectivity index (χ4v) is 13.4. The maximum Gasteiger partial charge on any atom is 0.187 e. The van der Waals surface area contributed by atoms with Crippen molar-refractivity contribution >= 4 is 0 Å². The van der Waals surface area contributed by atoms with Gasteiger partial charge in [0.15, 0.2) is 25.2 Å². The van der Waals surface area contributed by atoms with Crippen molar-refractivity contribution in [2.75, 3.05) is 20.3 Å². The molecule has 4 aliphatic carbocycles. The number of aliphatic hydroxyl groups is 12. The first-order chi connectivity index (χ1) is 31.6. The molecule has 28 atom stereocenters. The molecule has 3 saturated carbocycles. The minimum absolute atomic E-state index is 0.0446. The summed E-state index contributed by atoms with van der Waals surface area (Å²) in [6, 6.07) is 0. The van der Waals surface area contributed by atoms with E-state index < -0.39 is 153 Å². The molecule has 0 aromatic heterocycles. The van der Waals surface area contributed by atoms with Crippen LogP contribution in [0.15, 0.2) is 11.6 Å². The largest absolute Gasteiger partial charge is 0.394 e. The Morgan fingerprint density at radius 2 is 1.25 bits per heavy atom. The third-order valence-corrected chi connectivity index (χ3v) is 17.6. The van der Waals surface area contributed by atoms with E-state index in [-0.39, 0.29) is 29.3 Å². The fourth-order valence-electron chi connectivity index (χ4n) is 13.4. The number of aliphatic hydroxyl groups excluding tert-OH is 11. The van der Waals surface area contributed by atoms with Gasteiger partial charge in [-0.15, -0.1) is 0 Å². The standard InChI is InChI=1S/C46H76O21/c1-18(61-41-35(55)33(53)30(50)27(66-41)17-60-40-34(54)31(51)28(48)19(2)62-40)23-11-14-46(58)25-8-7-21-15-22(9-12-44(21,4)24(25)10-13-45(23,46)5)64-43-37(57)39(59-6)38(20(3)63-43)67-42-36(56)32(52)29(49)26(16-47)65-42/h7,18-20,22-43,47-58H,8-17H2,1-6H3/t18-,19+,20-,22+,23-,24+,25-,26-,27-,28+,29-,30-,31-,32+,33+,34-,35-,36-,37-,38+,39-,40-,41-,42+,43+,44+,45-,46+/m1/s1. The number of rotatable bonds is 12. The summed E-state index contributed by atoms with van der Waals surface area (Å²) in [7, 11) is 1.40. The SMILES string of the molecule is CO[C@@H]1[C@@H](O)[C@H](O[C@H]2CC[C@@]3(C)C(=CC[C@@H]4[C@@H]3CC[C@]3(C)[C@@H]([C@@H](C)O[C@@H]5O[C@H](CO[C@@H]6O[C@@H](C)[C@H](O)[C@@H](O)[C@H]6O)[C@@H](O)[C@H](O)[C@H]5O)CC[C@]43O)C2)O[C@H](C)[C@@H]1O[C@@H]1O[C@H](CO)[C@@H](O)[C@H](O)[C@H]1O. The molecular formula is C46H76O21. The average Bonchev–Trinajstić information content (AvgIpc) is 3.59. The summed E-state index contributed by atoms with van der Waals surface area (Å²) in [5.41, 5.74) is -0.587. The van der Waals surface area contributed by atoms with Gasteiger partial charge in [-0.25, -0.2) is 0 Å². The minimum Gasteiger partial charge on any atom is -0.394 e. The highest BCUT2D eigenvalue weighted by atomic mass is 16.8. The Balaban J connectivity index is 0.883. The zero-order valence-electron chi connectivity index (χ0n) is 39.1. The first kappa shape index (κ1) is 52.2. The van der Waals surface area contributed by atoms with E-state index in [1.165, 1.54) is 19.6 Å². The third-order valence-electron chi connectivity index (χ3n) is 17.6. The molecule has 0 amide bonds. The summed E-state index contributed by atoms with van der Waals surface area (Å²) < 4.78 is 53.4. The molecule has 0 radical (unpaired) electrons. The van der Waals surface area contributed by atoms with Crippen LogP contribution in [0.5, 0.6) is 0 Å². The number of ether oxygens (including phenoxy) is 9. The van der Waals surface area contributed by atoms with Gasteiger partial charge in [-0.05, 0) is 95.3 Å². The maximum absolute atomic E-state index is 12.9. The highest BCUT2D eigenvalue weighted by molar-refractivity contribution is 5.28. The molecule has 7 fully saturated rings. The average molecular weight is 965 g/mol. The lowest BCUT2D eigenvalue weighted by atomic mass is 9.45. The van der Waals surface area contributed by atoms with Gasteiger partial charge in [0, 0.05) is 12.5 Å². The van der Waals surface area contributed by atoms with Crippen molar-refractivity contribution in [2.24, 2.45) is 28.6 Å². The molecule has 21 heteroatoms. The fraction of sp³-hybridized carbons (Fsp3) is 0.957. The molecule has 67 heavy (non-hydrogen) atoms. The van der Waals surface area contributed by atoms with E-state index >= 15 is 0 Å². The molecule has 4 heterocycles. The van der Waals surface area contributed by atoms with Crippen LogP contribution in [-0.4, -0.2) is 222 Å². The van der Waals surface area contributed by atoms with Crippen LogP contribution in [0.25, 0.3) is 0 Å². The number of methoxy groups -OCH3 is 1. The van der Waals surface area contributed by atoms with E-state index in [1.54, 1.807) is 6.92 Å². The van der Waals surface area contributed by atoms with Crippen LogP contribution in [0, 0.1) is 28.6 Å². The van der Waals surface area contributed by atoms with Gasteiger partial charge in [0.25, 0.3) is 0 Å². The van der Waals surface area contributed by atoms with Crippen LogP contribution >= 0.6 is 0 Å². The van der Waals surface area contributed by atoms with Gasteiger partial charge in [0.2, 0.25) is 0 Å². The number of hydrogen-bond acceptors (Lipinski definition) is 21.